The van der Waals surface area contributed by atoms with E-state index in [0.29, 0.717) is 13.5 Å². The quantitative estimate of drug-likeness (QED) is 0.445. The summed E-state index contributed by atoms with van der Waals surface area (Å²) in [5.41, 5.74) is 1.15. The van der Waals surface area contributed by atoms with Gasteiger partial charge in [0.15, 0.2) is 0 Å². The number of hydrogen-bond acceptors (Lipinski definition) is 3. The van der Waals surface area contributed by atoms with Gasteiger partial charge in [0, 0.05) is 18.9 Å². The maximum Gasteiger partial charge on any atom is 0.120 e. The molecule has 0 aliphatic carbocycles. The Morgan fingerprint density at radius 3 is 1.84 bits per heavy atom. The smallest absolute Gasteiger partial charge is 0.120 e. The van der Waals surface area contributed by atoms with Gasteiger partial charge in [-0.05, 0) is 25.0 Å². The summed E-state index contributed by atoms with van der Waals surface area (Å²) in [6, 6.07) is 10.3. The Morgan fingerprint density at radius 2 is 1.37 bits per heavy atom. The Labute approximate surface area is 117 Å². The third kappa shape index (κ3) is 7.19. The van der Waals surface area contributed by atoms with Crippen LogP contribution in [-0.4, -0.2) is 26.7 Å². The summed E-state index contributed by atoms with van der Waals surface area (Å²) in [5.74, 6) is 0. The zero-order valence-corrected chi connectivity index (χ0v) is 12.3. The Kier molecular flexibility index (Phi) is 9.11. The summed E-state index contributed by atoms with van der Waals surface area (Å²) in [6.07, 6.45) is 4.55. The lowest BCUT2D eigenvalue weighted by molar-refractivity contribution is 0.0825. The minimum atomic E-state index is 0.593. The summed E-state index contributed by atoms with van der Waals surface area (Å²) in [6.45, 7) is 7.16. The second-order valence-corrected chi connectivity index (χ2v) is 4.66. The van der Waals surface area contributed by atoms with Crippen LogP contribution < -0.4 is 4.90 Å². The molecule has 0 fully saturated rings. The lowest BCUT2D eigenvalue weighted by Crippen LogP contribution is -2.29. The standard InChI is InChI=1S/C16H27NO2/c1-3-5-12-18-14-17(15-19-13-6-4-2)16-10-8-7-9-11-16/h7-11H,3-6,12-15H2,1-2H3. The second-order valence-electron chi connectivity index (χ2n) is 4.66. The van der Waals surface area contributed by atoms with Crippen LogP contribution in [0.2, 0.25) is 0 Å². The monoisotopic (exact) mass is 265 g/mol. The molecule has 0 aliphatic rings. The summed E-state index contributed by atoms with van der Waals surface area (Å²) in [7, 11) is 0. The molecule has 0 aliphatic heterocycles. The fraction of sp³-hybridized carbons (Fsp3) is 0.625. The van der Waals surface area contributed by atoms with Crippen LogP contribution in [0, 0.1) is 0 Å². The third-order valence-electron chi connectivity index (χ3n) is 2.90. The van der Waals surface area contributed by atoms with Gasteiger partial charge in [-0.25, -0.2) is 0 Å². The lowest BCUT2D eigenvalue weighted by Gasteiger charge is -2.24. The minimum absolute atomic E-state index is 0.593. The van der Waals surface area contributed by atoms with Gasteiger partial charge >= 0.3 is 0 Å². The first-order chi connectivity index (χ1) is 9.38. The summed E-state index contributed by atoms with van der Waals surface area (Å²) in [5, 5.41) is 0. The maximum atomic E-state index is 5.69. The van der Waals surface area contributed by atoms with Crippen molar-refractivity contribution in [1.29, 1.82) is 0 Å². The fourth-order valence-corrected chi connectivity index (χ4v) is 1.67. The topological polar surface area (TPSA) is 21.7 Å². The highest BCUT2D eigenvalue weighted by Crippen LogP contribution is 2.13. The molecule has 0 unspecified atom stereocenters. The van der Waals surface area contributed by atoms with Crippen molar-refractivity contribution in [3.63, 3.8) is 0 Å². The number of ether oxygens (including phenoxy) is 2. The van der Waals surface area contributed by atoms with E-state index in [0.717, 1.165) is 31.7 Å². The molecule has 1 aromatic carbocycles. The Balaban J connectivity index is 2.39. The molecule has 0 amide bonds. The molecule has 108 valence electrons. The molecule has 1 aromatic rings. The van der Waals surface area contributed by atoms with E-state index in [1.807, 2.05) is 18.2 Å². The summed E-state index contributed by atoms with van der Waals surface area (Å²) >= 11 is 0. The van der Waals surface area contributed by atoms with E-state index in [4.69, 9.17) is 9.47 Å². The third-order valence-corrected chi connectivity index (χ3v) is 2.90. The van der Waals surface area contributed by atoms with Crippen molar-refractivity contribution < 1.29 is 9.47 Å². The molecule has 0 atom stereocenters. The van der Waals surface area contributed by atoms with Gasteiger partial charge in [-0.2, -0.15) is 0 Å². The van der Waals surface area contributed by atoms with Crippen LogP contribution in [0.25, 0.3) is 0 Å². The van der Waals surface area contributed by atoms with Crippen molar-refractivity contribution in [2.45, 2.75) is 39.5 Å². The molecule has 0 radical (unpaired) electrons. The molecule has 1 rings (SSSR count). The normalized spacial score (nSPS) is 10.6. The number of nitrogens with zero attached hydrogens (tertiary/aromatic N) is 1. The fourth-order valence-electron chi connectivity index (χ4n) is 1.67. The first kappa shape index (κ1) is 16.0. The van der Waals surface area contributed by atoms with Crippen molar-refractivity contribution in [2.75, 3.05) is 31.6 Å². The molecule has 0 heterocycles. The van der Waals surface area contributed by atoms with Gasteiger partial charge < -0.3 is 14.4 Å². The number of para-hydroxylation sites is 1. The Bertz CT molecular complexity index is 291. The van der Waals surface area contributed by atoms with Crippen LogP contribution in [0.5, 0.6) is 0 Å². The van der Waals surface area contributed by atoms with Crippen LogP contribution in [-0.2, 0) is 9.47 Å². The highest BCUT2D eigenvalue weighted by Gasteiger charge is 2.05. The molecule has 0 saturated carbocycles. The second kappa shape index (κ2) is 10.8. The SMILES string of the molecule is CCCCOCN(COCCCC)c1ccccc1. The lowest BCUT2D eigenvalue weighted by atomic mass is 10.3. The number of anilines is 1. The molecule has 0 bridgehead atoms. The van der Waals surface area contributed by atoms with Gasteiger partial charge in [0.25, 0.3) is 0 Å². The molecule has 3 nitrogen and oxygen atoms in total. The van der Waals surface area contributed by atoms with Gasteiger partial charge in [0.1, 0.15) is 13.5 Å². The Morgan fingerprint density at radius 1 is 0.842 bits per heavy atom. The van der Waals surface area contributed by atoms with Crippen molar-refractivity contribution >= 4 is 5.69 Å². The van der Waals surface area contributed by atoms with E-state index in [-0.39, 0.29) is 0 Å². The first-order valence-electron chi connectivity index (χ1n) is 7.34. The first-order valence-corrected chi connectivity index (χ1v) is 7.34. The highest BCUT2D eigenvalue weighted by atomic mass is 16.5. The molecule has 0 saturated heterocycles. The zero-order valence-electron chi connectivity index (χ0n) is 12.3. The van der Waals surface area contributed by atoms with E-state index >= 15 is 0 Å². The van der Waals surface area contributed by atoms with Crippen LogP contribution in [0.3, 0.4) is 0 Å². The molecule has 19 heavy (non-hydrogen) atoms. The van der Waals surface area contributed by atoms with E-state index in [9.17, 15) is 0 Å². The molecular formula is C16H27NO2. The van der Waals surface area contributed by atoms with Crippen LogP contribution in [0.1, 0.15) is 39.5 Å². The Hall–Kier alpha value is -1.06. The molecule has 0 spiro atoms. The minimum Gasteiger partial charge on any atom is -0.361 e. The van der Waals surface area contributed by atoms with Crippen LogP contribution >= 0.6 is 0 Å². The van der Waals surface area contributed by atoms with Gasteiger partial charge in [-0.15, -0.1) is 0 Å². The maximum absolute atomic E-state index is 5.69. The average molecular weight is 265 g/mol. The largest absolute Gasteiger partial charge is 0.361 e. The van der Waals surface area contributed by atoms with E-state index in [2.05, 4.69) is 30.9 Å². The molecule has 0 aromatic heterocycles. The van der Waals surface area contributed by atoms with Crippen LogP contribution in [0.4, 0.5) is 5.69 Å². The number of unbranched alkanes of at least 4 members (excludes halogenated alkanes) is 2. The van der Waals surface area contributed by atoms with E-state index in [1.54, 1.807) is 0 Å². The summed E-state index contributed by atoms with van der Waals surface area (Å²) < 4.78 is 11.4. The van der Waals surface area contributed by atoms with Crippen molar-refractivity contribution in [1.82, 2.24) is 0 Å². The number of hydrogen-bond donors (Lipinski definition) is 0. The zero-order chi connectivity index (χ0) is 13.8. The molecule has 0 N–H and O–H groups in total. The van der Waals surface area contributed by atoms with Gasteiger partial charge in [-0.1, -0.05) is 44.9 Å². The van der Waals surface area contributed by atoms with Gasteiger partial charge in [-0.3, -0.25) is 0 Å². The predicted molar refractivity (Wildman–Crippen MR) is 80.4 cm³/mol. The number of benzene rings is 1. The van der Waals surface area contributed by atoms with Gasteiger partial charge in [0.2, 0.25) is 0 Å². The summed E-state index contributed by atoms with van der Waals surface area (Å²) in [4.78, 5) is 2.13. The molecular weight excluding hydrogens is 238 g/mol. The average Bonchev–Trinajstić information content (AvgIpc) is 2.46. The van der Waals surface area contributed by atoms with Crippen molar-refractivity contribution in [3.05, 3.63) is 30.3 Å². The van der Waals surface area contributed by atoms with E-state index < -0.39 is 0 Å². The highest BCUT2D eigenvalue weighted by molar-refractivity contribution is 5.44. The van der Waals surface area contributed by atoms with Crippen molar-refractivity contribution in [3.8, 4) is 0 Å². The number of rotatable bonds is 11. The van der Waals surface area contributed by atoms with Crippen LogP contribution in [0.15, 0.2) is 30.3 Å². The molecule has 3 heteroatoms. The van der Waals surface area contributed by atoms with Gasteiger partial charge in [0.05, 0.1) is 0 Å². The van der Waals surface area contributed by atoms with E-state index in [1.165, 1.54) is 12.8 Å². The predicted octanol–water partition coefficient (Wildman–Crippen LogP) is 4.04. The van der Waals surface area contributed by atoms with Crippen molar-refractivity contribution in [2.24, 2.45) is 0 Å².